The number of fused-ring (bicyclic) bond motifs is 1. The predicted octanol–water partition coefficient (Wildman–Crippen LogP) is 4.85. The van der Waals surface area contributed by atoms with E-state index in [-0.39, 0.29) is 0 Å². The van der Waals surface area contributed by atoms with Crippen molar-refractivity contribution in [3.63, 3.8) is 0 Å². The van der Waals surface area contributed by atoms with Gasteiger partial charge in [0.1, 0.15) is 5.75 Å². The van der Waals surface area contributed by atoms with E-state index in [2.05, 4.69) is 20.9 Å². The zero-order valence-electron chi connectivity index (χ0n) is 10.1. The molecule has 3 nitrogen and oxygen atoms in total. The van der Waals surface area contributed by atoms with E-state index in [0.29, 0.717) is 16.5 Å². The molecule has 0 amide bonds. The molecule has 0 atom stereocenters. The third kappa shape index (κ3) is 2.60. The Hall–Kier alpha value is -1.52. The van der Waals surface area contributed by atoms with Crippen molar-refractivity contribution in [2.24, 2.45) is 0 Å². The van der Waals surface area contributed by atoms with E-state index in [1.165, 1.54) is 0 Å². The van der Waals surface area contributed by atoms with Crippen molar-refractivity contribution in [2.75, 3.05) is 0 Å². The Morgan fingerprint density at radius 3 is 2.89 bits per heavy atom. The first-order valence-electron chi connectivity index (χ1n) is 5.70. The summed E-state index contributed by atoms with van der Waals surface area (Å²) in [7, 11) is 0. The van der Waals surface area contributed by atoms with Gasteiger partial charge in [-0.2, -0.15) is 0 Å². The largest absolute Gasteiger partial charge is 0.453 e. The van der Waals surface area contributed by atoms with E-state index >= 15 is 0 Å². The molecule has 0 unspecified atom stereocenters. The van der Waals surface area contributed by atoms with Gasteiger partial charge in [-0.3, -0.25) is 0 Å². The number of imidazole rings is 1. The van der Waals surface area contributed by atoms with Gasteiger partial charge in [-0.25, -0.2) is 4.98 Å². The smallest absolute Gasteiger partial charge is 0.180 e. The molecule has 3 rings (SSSR count). The van der Waals surface area contributed by atoms with Gasteiger partial charge >= 0.3 is 0 Å². The maximum atomic E-state index is 5.95. The maximum absolute atomic E-state index is 5.95. The minimum absolute atomic E-state index is 0.642. The van der Waals surface area contributed by atoms with Crippen molar-refractivity contribution in [1.82, 2.24) is 9.38 Å². The number of hydrogen-bond donors (Lipinski definition) is 0. The van der Waals surface area contributed by atoms with Crippen LogP contribution >= 0.6 is 27.5 Å². The first-order valence-corrected chi connectivity index (χ1v) is 6.87. The highest BCUT2D eigenvalue weighted by Crippen LogP contribution is 2.30. The molecule has 1 aromatic carbocycles. The van der Waals surface area contributed by atoms with Gasteiger partial charge in [0.25, 0.3) is 0 Å². The summed E-state index contributed by atoms with van der Waals surface area (Å²) < 4.78 is 8.72. The standard InChI is InChI=1S/C14H10BrClN2O/c1-9-7-18-8-10(15)5-13(14(18)17-9)19-12-4-2-3-11(16)6-12/h2-8H,1H3. The zero-order valence-corrected chi connectivity index (χ0v) is 12.4. The van der Waals surface area contributed by atoms with E-state index in [1.807, 2.05) is 48.0 Å². The number of hydrogen-bond acceptors (Lipinski definition) is 2. The Bertz CT molecular complexity index is 754. The van der Waals surface area contributed by atoms with Crippen LogP contribution in [0, 0.1) is 6.92 Å². The Kier molecular flexibility index (Phi) is 3.21. The van der Waals surface area contributed by atoms with Crippen LogP contribution in [0.25, 0.3) is 5.65 Å². The zero-order chi connectivity index (χ0) is 13.4. The van der Waals surface area contributed by atoms with Crippen molar-refractivity contribution in [1.29, 1.82) is 0 Å². The molecular weight excluding hydrogens is 328 g/mol. The summed E-state index contributed by atoms with van der Waals surface area (Å²) in [6.07, 6.45) is 3.89. The first kappa shape index (κ1) is 12.5. The van der Waals surface area contributed by atoms with Gasteiger partial charge in [-0.15, -0.1) is 0 Å². The molecule has 96 valence electrons. The highest BCUT2D eigenvalue weighted by molar-refractivity contribution is 9.10. The molecule has 0 spiro atoms. The van der Waals surface area contributed by atoms with Crippen LogP contribution in [0.15, 0.2) is 47.2 Å². The number of aryl methyl sites for hydroxylation is 1. The molecule has 0 aliphatic carbocycles. The summed E-state index contributed by atoms with van der Waals surface area (Å²) in [5.74, 6) is 1.37. The van der Waals surface area contributed by atoms with Gasteiger partial charge < -0.3 is 9.14 Å². The van der Waals surface area contributed by atoms with Crippen LogP contribution in [0.1, 0.15) is 5.69 Å². The third-order valence-corrected chi connectivity index (χ3v) is 3.30. The summed E-state index contributed by atoms with van der Waals surface area (Å²) in [5.41, 5.74) is 1.72. The fourth-order valence-electron chi connectivity index (χ4n) is 1.89. The lowest BCUT2D eigenvalue weighted by Crippen LogP contribution is -1.90. The van der Waals surface area contributed by atoms with Crippen LogP contribution in [-0.2, 0) is 0 Å². The molecular formula is C14H10BrClN2O. The van der Waals surface area contributed by atoms with Crippen molar-refractivity contribution in [3.8, 4) is 11.5 Å². The van der Waals surface area contributed by atoms with Crippen LogP contribution in [0.2, 0.25) is 5.02 Å². The monoisotopic (exact) mass is 336 g/mol. The summed E-state index contributed by atoms with van der Waals surface area (Å²) in [6.45, 7) is 1.95. The molecule has 0 N–H and O–H groups in total. The average Bonchev–Trinajstić information content (AvgIpc) is 2.69. The quantitative estimate of drug-likeness (QED) is 0.668. The molecule has 2 aromatic heterocycles. The van der Waals surface area contributed by atoms with Crippen molar-refractivity contribution in [3.05, 3.63) is 57.9 Å². The third-order valence-electron chi connectivity index (χ3n) is 2.63. The minimum atomic E-state index is 0.642. The SMILES string of the molecule is Cc1cn2cc(Br)cc(Oc3cccc(Cl)c3)c2n1. The van der Waals surface area contributed by atoms with Crippen LogP contribution in [0.4, 0.5) is 0 Å². The number of pyridine rings is 1. The highest BCUT2D eigenvalue weighted by atomic mass is 79.9. The first-order chi connectivity index (χ1) is 9.11. The van der Waals surface area contributed by atoms with E-state index in [4.69, 9.17) is 16.3 Å². The number of halogens is 2. The predicted molar refractivity (Wildman–Crippen MR) is 79.2 cm³/mol. The van der Waals surface area contributed by atoms with E-state index in [1.54, 1.807) is 6.07 Å². The summed E-state index contributed by atoms with van der Waals surface area (Å²) >= 11 is 9.42. The van der Waals surface area contributed by atoms with Crippen LogP contribution in [-0.4, -0.2) is 9.38 Å². The van der Waals surface area contributed by atoms with Crippen LogP contribution in [0.5, 0.6) is 11.5 Å². The fraction of sp³-hybridized carbons (Fsp3) is 0.0714. The lowest BCUT2D eigenvalue weighted by atomic mass is 10.3. The summed E-state index contributed by atoms with van der Waals surface area (Å²) in [6, 6.07) is 9.19. The molecule has 0 aliphatic rings. The van der Waals surface area contributed by atoms with Gasteiger partial charge in [0.15, 0.2) is 11.4 Å². The van der Waals surface area contributed by atoms with E-state index in [0.717, 1.165) is 15.8 Å². The van der Waals surface area contributed by atoms with Gasteiger partial charge in [0, 0.05) is 28.0 Å². The van der Waals surface area contributed by atoms with Gasteiger partial charge in [-0.05, 0) is 41.1 Å². The van der Waals surface area contributed by atoms with Crippen LogP contribution < -0.4 is 4.74 Å². The lowest BCUT2D eigenvalue weighted by molar-refractivity contribution is 0.484. The maximum Gasteiger partial charge on any atom is 0.180 e. The highest BCUT2D eigenvalue weighted by Gasteiger charge is 2.09. The molecule has 0 saturated carbocycles. The Morgan fingerprint density at radius 1 is 1.26 bits per heavy atom. The van der Waals surface area contributed by atoms with Gasteiger partial charge in [0.05, 0.1) is 5.69 Å². The lowest BCUT2D eigenvalue weighted by Gasteiger charge is -2.08. The average molecular weight is 338 g/mol. The molecule has 0 radical (unpaired) electrons. The topological polar surface area (TPSA) is 26.5 Å². The van der Waals surface area contributed by atoms with E-state index < -0.39 is 0 Å². The number of benzene rings is 1. The summed E-state index contributed by atoms with van der Waals surface area (Å²) in [4.78, 5) is 4.46. The second-order valence-corrected chi connectivity index (χ2v) is 5.55. The molecule has 0 saturated heterocycles. The molecule has 0 aliphatic heterocycles. The van der Waals surface area contributed by atoms with Crippen molar-refractivity contribution in [2.45, 2.75) is 6.92 Å². The summed E-state index contributed by atoms with van der Waals surface area (Å²) in [5, 5.41) is 0.642. The number of rotatable bonds is 2. The molecule has 5 heteroatoms. The fourth-order valence-corrected chi connectivity index (χ4v) is 2.50. The van der Waals surface area contributed by atoms with E-state index in [9.17, 15) is 0 Å². The second-order valence-electron chi connectivity index (χ2n) is 4.20. The van der Waals surface area contributed by atoms with Crippen LogP contribution in [0.3, 0.4) is 0 Å². The Morgan fingerprint density at radius 2 is 2.11 bits per heavy atom. The Balaban J connectivity index is 2.09. The van der Waals surface area contributed by atoms with Crippen molar-refractivity contribution >= 4 is 33.2 Å². The number of aromatic nitrogens is 2. The molecule has 2 heterocycles. The normalized spacial score (nSPS) is 10.9. The van der Waals surface area contributed by atoms with Gasteiger partial charge in [0.2, 0.25) is 0 Å². The molecule has 0 bridgehead atoms. The molecule has 3 aromatic rings. The minimum Gasteiger partial charge on any atom is -0.453 e. The molecule has 0 fully saturated rings. The van der Waals surface area contributed by atoms with Crippen molar-refractivity contribution < 1.29 is 4.74 Å². The Labute approximate surface area is 123 Å². The second kappa shape index (κ2) is 4.87. The number of ether oxygens (including phenoxy) is 1. The number of nitrogens with zero attached hydrogens (tertiary/aromatic N) is 2. The molecule has 19 heavy (non-hydrogen) atoms. The van der Waals surface area contributed by atoms with Gasteiger partial charge in [-0.1, -0.05) is 17.7 Å².